The lowest BCUT2D eigenvalue weighted by atomic mass is 10.0. The summed E-state index contributed by atoms with van der Waals surface area (Å²) in [6, 6.07) is 5.30. The van der Waals surface area contributed by atoms with Crippen LogP contribution in [0.15, 0.2) is 23.7 Å². The van der Waals surface area contributed by atoms with Gasteiger partial charge in [-0.1, -0.05) is 0 Å². The van der Waals surface area contributed by atoms with Gasteiger partial charge in [-0.2, -0.15) is 5.10 Å². The number of aliphatic hydroxyl groups excluding tert-OH is 1. The fourth-order valence-corrected chi connectivity index (χ4v) is 3.59. The van der Waals surface area contributed by atoms with Crippen molar-refractivity contribution >= 4 is 34.1 Å². The molecule has 2 amide bonds. The first-order chi connectivity index (χ1) is 13.8. The normalized spacial score (nSPS) is 13.1. The molecule has 10 heteroatoms. The predicted molar refractivity (Wildman–Crippen MR) is 109 cm³/mol. The van der Waals surface area contributed by atoms with Gasteiger partial charge < -0.3 is 20.5 Å². The van der Waals surface area contributed by atoms with Gasteiger partial charge in [-0.05, 0) is 32.0 Å². The molecule has 1 atom stereocenters. The maximum absolute atomic E-state index is 12.9. The largest absolute Gasteiger partial charge is 0.488 e. The molecule has 154 valence electrons. The van der Waals surface area contributed by atoms with Crippen LogP contribution in [0.1, 0.15) is 28.0 Å². The summed E-state index contributed by atoms with van der Waals surface area (Å²) >= 11 is 1.52. The van der Waals surface area contributed by atoms with Crippen molar-refractivity contribution in [1.82, 2.24) is 25.4 Å². The summed E-state index contributed by atoms with van der Waals surface area (Å²) in [4.78, 5) is 30.2. The number of carbonyl (C=O) groups is 2. The molecule has 0 aliphatic heterocycles. The molecule has 3 rings (SSSR count). The molecule has 0 spiro atoms. The number of rotatable bonds is 7. The van der Waals surface area contributed by atoms with E-state index < -0.39 is 24.0 Å². The SMILES string of the molecule is CNC(=O)C(C)(CO)NC(=O)c1c2cc(OCc3scnc3C)ccc2nn1C. The zero-order valence-electron chi connectivity index (χ0n) is 16.6. The van der Waals surface area contributed by atoms with Crippen LogP contribution in [0.3, 0.4) is 0 Å². The highest BCUT2D eigenvalue weighted by atomic mass is 32.1. The Kier molecular flexibility index (Phi) is 5.85. The van der Waals surface area contributed by atoms with Crippen molar-refractivity contribution < 1.29 is 19.4 Å². The van der Waals surface area contributed by atoms with Crippen molar-refractivity contribution in [3.05, 3.63) is 40.0 Å². The molecule has 3 aromatic rings. The Morgan fingerprint density at radius 2 is 2.14 bits per heavy atom. The number of hydrogen-bond acceptors (Lipinski definition) is 7. The molecule has 0 fully saturated rings. The van der Waals surface area contributed by atoms with Crippen LogP contribution in [0, 0.1) is 6.92 Å². The number of fused-ring (bicyclic) bond motifs is 1. The third-order valence-electron chi connectivity index (χ3n) is 4.67. The van der Waals surface area contributed by atoms with E-state index >= 15 is 0 Å². The fraction of sp³-hybridized carbons (Fsp3) is 0.368. The van der Waals surface area contributed by atoms with E-state index in [-0.39, 0.29) is 5.69 Å². The first-order valence-corrected chi connectivity index (χ1v) is 9.81. The van der Waals surface area contributed by atoms with Gasteiger partial charge in [0.05, 0.1) is 28.2 Å². The number of hydrogen-bond donors (Lipinski definition) is 3. The maximum atomic E-state index is 12.9. The molecular weight excluding hydrogens is 394 g/mol. The van der Waals surface area contributed by atoms with Gasteiger partial charge in [-0.25, -0.2) is 4.98 Å². The van der Waals surface area contributed by atoms with Crippen LogP contribution in [0.2, 0.25) is 0 Å². The number of amides is 2. The highest BCUT2D eigenvalue weighted by Gasteiger charge is 2.35. The number of aryl methyl sites for hydroxylation is 2. The Balaban J connectivity index is 1.89. The summed E-state index contributed by atoms with van der Waals surface area (Å²) in [5.74, 6) is -0.432. The van der Waals surface area contributed by atoms with Crippen LogP contribution in [-0.2, 0) is 18.4 Å². The molecule has 29 heavy (non-hydrogen) atoms. The van der Waals surface area contributed by atoms with E-state index in [1.807, 2.05) is 6.92 Å². The maximum Gasteiger partial charge on any atom is 0.271 e. The summed E-state index contributed by atoms with van der Waals surface area (Å²) in [7, 11) is 3.09. The third kappa shape index (κ3) is 4.08. The van der Waals surface area contributed by atoms with Crippen LogP contribution >= 0.6 is 11.3 Å². The molecule has 1 aromatic carbocycles. The van der Waals surface area contributed by atoms with Crippen molar-refractivity contribution in [1.29, 1.82) is 0 Å². The zero-order valence-corrected chi connectivity index (χ0v) is 17.5. The third-order valence-corrected chi connectivity index (χ3v) is 5.58. The Morgan fingerprint density at radius 1 is 1.38 bits per heavy atom. The number of nitrogens with one attached hydrogen (secondary N) is 2. The van der Waals surface area contributed by atoms with Crippen LogP contribution in [0.5, 0.6) is 5.75 Å². The van der Waals surface area contributed by atoms with Gasteiger partial charge in [0.15, 0.2) is 0 Å². The smallest absolute Gasteiger partial charge is 0.271 e. The van der Waals surface area contributed by atoms with Crippen molar-refractivity contribution in [2.45, 2.75) is 26.0 Å². The number of aromatic nitrogens is 3. The molecular formula is C19H23N5O4S. The van der Waals surface area contributed by atoms with Crippen molar-refractivity contribution in [2.24, 2.45) is 7.05 Å². The Labute approximate surface area is 171 Å². The second kappa shape index (κ2) is 8.18. The Bertz CT molecular complexity index is 1060. The number of ether oxygens (including phenoxy) is 1. The van der Waals surface area contributed by atoms with E-state index in [2.05, 4.69) is 20.7 Å². The number of nitrogens with zero attached hydrogens (tertiary/aromatic N) is 3. The first kappa shape index (κ1) is 20.7. The van der Waals surface area contributed by atoms with Gasteiger partial charge in [0.25, 0.3) is 5.91 Å². The minimum Gasteiger partial charge on any atom is -0.488 e. The van der Waals surface area contributed by atoms with Crippen LogP contribution in [0.4, 0.5) is 0 Å². The lowest BCUT2D eigenvalue weighted by Gasteiger charge is -2.26. The molecule has 0 saturated heterocycles. The van der Waals surface area contributed by atoms with Crippen molar-refractivity contribution in [3.63, 3.8) is 0 Å². The van der Waals surface area contributed by atoms with E-state index in [9.17, 15) is 14.7 Å². The number of carbonyl (C=O) groups excluding carboxylic acids is 2. The highest BCUT2D eigenvalue weighted by Crippen LogP contribution is 2.25. The second-order valence-electron chi connectivity index (χ2n) is 6.82. The number of benzene rings is 1. The molecule has 2 aromatic heterocycles. The molecule has 3 N–H and O–H groups in total. The summed E-state index contributed by atoms with van der Waals surface area (Å²) < 4.78 is 7.30. The Hall–Kier alpha value is -2.98. The lowest BCUT2D eigenvalue weighted by Crippen LogP contribution is -2.58. The van der Waals surface area contributed by atoms with E-state index in [0.717, 1.165) is 10.6 Å². The van der Waals surface area contributed by atoms with E-state index in [4.69, 9.17) is 4.74 Å². The molecule has 0 radical (unpaired) electrons. The molecule has 2 heterocycles. The van der Waals surface area contributed by atoms with Gasteiger partial charge in [0, 0.05) is 19.5 Å². The van der Waals surface area contributed by atoms with Crippen LogP contribution in [-0.4, -0.2) is 50.9 Å². The molecule has 9 nitrogen and oxygen atoms in total. The van der Waals surface area contributed by atoms with Gasteiger partial charge in [-0.15, -0.1) is 11.3 Å². The quantitative estimate of drug-likeness (QED) is 0.531. The zero-order chi connectivity index (χ0) is 21.2. The second-order valence-corrected chi connectivity index (χ2v) is 7.76. The average molecular weight is 417 g/mol. The molecule has 1 unspecified atom stereocenters. The number of likely N-dealkylation sites (N-methyl/N-ethyl adjacent to an activating group) is 1. The first-order valence-electron chi connectivity index (χ1n) is 8.93. The minimum atomic E-state index is -1.46. The summed E-state index contributed by atoms with van der Waals surface area (Å²) in [5, 5.41) is 19.6. The standard InChI is InChI=1S/C19H23N5O4S/c1-11-15(29-10-21-11)8-28-12-5-6-14-13(7-12)16(24(4)23-14)17(26)22-19(2,9-25)18(27)20-3/h5-7,10,25H,8-9H2,1-4H3,(H,20,27)(H,22,26). The minimum absolute atomic E-state index is 0.267. The summed E-state index contributed by atoms with van der Waals surface area (Å²) in [6.45, 7) is 3.21. The van der Waals surface area contributed by atoms with Crippen LogP contribution in [0.25, 0.3) is 10.9 Å². The van der Waals surface area contributed by atoms with E-state index in [0.29, 0.717) is 23.3 Å². The predicted octanol–water partition coefficient (Wildman–Crippen LogP) is 1.14. The Morgan fingerprint density at radius 3 is 2.76 bits per heavy atom. The van der Waals surface area contributed by atoms with Gasteiger partial charge in [-0.3, -0.25) is 14.3 Å². The highest BCUT2D eigenvalue weighted by molar-refractivity contribution is 7.09. The summed E-state index contributed by atoms with van der Waals surface area (Å²) in [5.41, 5.74) is 2.12. The average Bonchev–Trinajstić information content (AvgIpc) is 3.26. The van der Waals surface area contributed by atoms with Crippen molar-refractivity contribution in [2.75, 3.05) is 13.7 Å². The molecule has 0 bridgehead atoms. The van der Waals surface area contributed by atoms with Gasteiger partial charge >= 0.3 is 0 Å². The monoisotopic (exact) mass is 417 g/mol. The van der Waals surface area contributed by atoms with Gasteiger partial charge in [0.2, 0.25) is 5.91 Å². The van der Waals surface area contributed by atoms with Gasteiger partial charge in [0.1, 0.15) is 23.6 Å². The fourth-order valence-electron chi connectivity index (χ4n) is 2.90. The van der Waals surface area contributed by atoms with Crippen LogP contribution < -0.4 is 15.4 Å². The molecule has 0 saturated carbocycles. The number of thiazole rings is 1. The lowest BCUT2D eigenvalue weighted by molar-refractivity contribution is -0.127. The topological polar surface area (TPSA) is 118 Å². The number of aliphatic hydroxyl groups is 1. The van der Waals surface area contributed by atoms with Crippen molar-refractivity contribution in [3.8, 4) is 5.75 Å². The van der Waals surface area contributed by atoms with E-state index in [1.165, 1.54) is 30.0 Å². The molecule has 0 aliphatic rings. The van der Waals surface area contributed by atoms with E-state index in [1.54, 1.807) is 30.8 Å². The molecule has 0 aliphatic carbocycles. The summed E-state index contributed by atoms with van der Waals surface area (Å²) in [6.07, 6.45) is 0.